The fourth-order valence-electron chi connectivity index (χ4n) is 2.13. The van der Waals surface area contributed by atoms with E-state index in [1.807, 2.05) is 6.92 Å². The monoisotopic (exact) mass is 284 g/mol. The van der Waals surface area contributed by atoms with Crippen molar-refractivity contribution < 1.29 is 18.3 Å². The number of alkyl halides is 3. The first-order valence-electron chi connectivity index (χ1n) is 6.30. The molecule has 0 aliphatic carbocycles. The lowest BCUT2D eigenvalue weighted by molar-refractivity contribution is -0.139. The van der Waals surface area contributed by atoms with Gasteiger partial charge in [-0.25, -0.2) is 4.98 Å². The topological polar surface area (TPSA) is 38.0 Å². The van der Waals surface area contributed by atoms with Crippen LogP contribution in [0.2, 0.25) is 0 Å². The molecule has 0 saturated carbocycles. The molecular weight excluding hydrogens is 269 g/mol. The minimum atomic E-state index is -4.50. The Morgan fingerprint density at radius 2 is 2.00 bits per heavy atom. The first kappa shape index (κ1) is 14.6. The molecule has 1 atom stereocenters. The standard InChI is InChI=1S/C14H15F3N2O/c1-2-8-19-9-7-18-13(19)12(20)10-5-3-4-6-11(10)14(15,16)17/h3-7,9,12,20H,2,8H2,1H3. The lowest BCUT2D eigenvalue weighted by Gasteiger charge is -2.18. The molecule has 0 amide bonds. The van der Waals surface area contributed by atoms with E-state index in [1.165, 1.54) is 24.4 Å². The summed E-state index contributed by atoms with van der Waals surface area (Å²) in [6.07, 6.45) is -1.96. The van der Waals surface area contributed by atoms with Crippen LogP contribution in [0.3, 0.4) is 0 Å². The second-order valence-corrected chi connectivity index (χ2v) is 4.47. The number of imidazole rings is 1. The summed E-state index contributed by atoms with van der Waals surface area (Å²) in [5.74, 6) is 0.226. The number of aryl methyl sites for hydroxylation is 1. The van der Waals surface area contributed by atoms with Gasteiger partial charge in [0.15, 0.2) is 0 Å². The first-order chi connectivity index (χ1) is 9.45. The minimum Gasteiger partial charge on any atom is -0.380 e. The van der Waals surface area contributed by atoms with E-state index in [9.17, 15) is 18.3 Å². The summed E-state index contributed by atoms with van der Waals surface area (Å²) in [4.78, 5) is 3.98. The van der Waals surface area contributed by atoms with Gasteiger partial charge in [-0.2, -0.15) is 13.2 Å². The largest absolute Gasteiger partial charge is 0.416 e. The molecular formula is C14H15F3N2O. The molecule has 108 valence electrons. The molecule has 3 nitrogen and oxygen atoms in total. The number of aliphatic hydroxyl groups excluding tert-OH is 1. The third-order valence-electron chi connectivity index (χ3n) is 3.02. The fourth-order valence-corrected chi connectivity index (χ4v) is 2.13. The quantitative estimate of drug-likeness (QED) is 0.934. The summed E-state index contributed by atoms with van der Waals surface area (Å²) < 4.78 is 40.5. The van der Waals surface area contributed by atoms with Crippen molar-refractivity contribution in [3.05, 3.63) is 53.6 Å². The van der Waals surface area contributed by atoms with Gasteiger partial charge in [-0.05, 0) is 12.5 Å². The van der Waals surface area contributed by atoms with E-state index in [2.05, 4.69) is 4.98 Å². The summed E-state index contributed by atoms with van der Waals surface area (Å²) in [5, 5.41) is 10.2. The lowest BCUT2D eigenvalue weighted by atomic mass is 10.0. The van der Waals surface area contributed by atoms with Gasteiger partial charge in [-0.15, -0.1) is 0 Å². The number of aromatic nitrogens is 2. The molecule has 0 aliphatic rings. The average molecular weight is 284 g/mol. The number of nitrogens with zero attached hydrogens (tertiary/aromatic N) is 2. The van der Waals surface area contributed by atoms with Crippen LogP contribution in [0.1, 0.15) is 36.4 Å². The Morgan fingerprint density at radius 1 is 1.30 bits per heavy atom. The zero-order chi connectivity index (χ0) is 14.8. The number of hydrogen-bond donors (Lipinski definition) is 1. The van der Waals surface area contributed by atoms with Crippen molar-refractivity contribution in [3.63, 3.8) is 0 Å². The molecule has 1 unspecified atom stereocenters. The summed E-state index contributed by atoms with van der Waals surface area (Å²) in [6, 6.07) is 5.02. The molecule has 1 N–H and O–H groups in total. The highest BCUT2D eigenvalue weighted by molar-refractivity contribution is 5.34. The molecule has 1 heterocycles. The molecule has 0 spiro atoms. The van der Waals surface area contributed by atoms with Crippen LogP contribution in [-0.2, 0) is 12.7 Å². The highest BCUT2D eigenvalue weighted by atomic mass is 19.4. The first-order valence-corrected chi connectivity index (χ1v) is 6.30. The van der Waals surface area contributed by atoms with Crippen molar-refractivity contribution in [2.24, 2.45) is 0 Å². The van der Waals surface area contributed by atoms with Crippen LogP contribution in [0.5, 0.6) is 0 Å². The zero-order valence-electron chi connectivity index (χ0n) is 10.9. The van der Waals surface area contributed by atoms with Gasteiger partial charge in [-0.1, -0.05) is 25.1 Å². The van der Waals surface area contributed by atoms with Crippen molar-refractivity contribution in [3.8, 4) is 0 Å². The molecule has 0 radical (unpaired) electrons. The van der Waals surface area contributed by atoms with Gasteiger partial charge in [0.25, 0.3) is 0 Å². The van der Waals surface area contributed by atoms with Crippen LogP contribution in [0.25, 0.3) is 0 Å². The van der Waals surface area contributed by atoms with Gasteiger partial charge in [0.2, 0.25) is 0 Å². The van der Waals surface area contributed by atoms with Gasteiger partial charge in [0.05, 0.1) is 5.56 Å². The van der Waals surface area contributed by atoms with Crippen molar-refractivity contribution in [1.82, 2.24) is 9.55 Å². The predicted octanol–water partition coefficient (Wildman–Crippen LogP) is 3.39. The zero-order valence-corrected chi connectivity index (χ0v) is 10.9. The highest BCUT2D eigenvalue weighted by Crippen LogP contribution is 2.36. The normalized spacial score (nSPS) is 13.4. The number of aliphatic hydroxyl groups is 1. The Hall–Kier alpha value is -1.82. The third-order valence-corrected chi connectivity index (χ3v) is 3.02. The molecule has 1 aromatic heterocycles. The summed E-state index contributed by atoms with van der Waals surface area (Å²) in [6.45, 7) is 2.54. The summed E-state index contributed by atoms with van der Waals surface area (Å²) in [5.41, 5.74) is -1.01. The Labute approximate surface area is 114 Å². The van der Waals surface area contributed by atoms with Crippen LogP contribution in [0, 0.1) is 0 Å². The van der Waals surface area contributed by atoms with Crippen molar-refractivity contribution in [1.29, 1.82) is 0 Å². The molecule has 6 heteroatoms. The SMILES string of the molecule is CCCn1ccnc1C(O)c1ccccc1C(F)(F)F. The smallest absolute Gasteiger partial charge is 0.380 e. The van der Waals surface area contributed by atoms with Gasteiger partial charge in [0, 0.05) is 24.5 Å². The number of hydrogen-bond acceptors (Lipinski definition) is 2. The van der Waals surface area contributed by atoms with E-state index in [0.717, 1.165) is 12.5 Å². The molecule has 0 saturated heterocycles. The van der Waals surface area contributed by atoms with Crippen LogP contribution in [-0.4, -0.2) is 14.7 Å². The van der Waals surface area contributed by atoms with Crippen LogP contribution in [0.15, 0.2) is 36.7 Å². The predicted molar refractivity (Wildman–Crippen MR) is 68.0 cm³/mol. The molecule has 20 heavy (non-hydrogen) atoms. The highest BCUT2D eigenvalue weighted by Gasteiger charge is 2.35. The molecule has 0 aliphatic heterocycles. The minimum absolute atomic E-state index is 0.177. The maximum absolute atomic E-state index is 13.0. The van der Waals surface area contributed by atoms with Crippen molar-refractivity contribution in [2.75, 3.05) is 0 Å². The van der Waals surface area contributed by atoms with Gasteiger partial charge in [-0.3, -0.25) is 0 Å². The van der Waals surface area contributed by atoms with Crippen LogP contribution >= 0.6 is 0 Å². The van der Waals surface area contributed by atoms with Gasteiger partial charge < -0.3 is 9.67 Å². The molecule has 2 rings (SSSR count). The van der Waals surface area contributed by atoms with Gasteiger partial charge in [0.1, 0.15) is 11.9 Å². The Bertz CT molecular complexity index is 578. The Morgan fingerprint density at radius 3 is 2.65 bits per heavy atom. The van der Waals surface area contributed by atoms with Crippen molar-refractivity contribution in [2.45, 2.75) is 32.2 Å². The third kappa shape index (κ3) is 2.85. The summed E-state index contributed by atoms with van der Waals surface area (Å²) in [7, 11) is 0. The van der Waals surface area contributed by atoms with E-state index >= 15 is 0 Å². The van der Waals surface area contributed by atoms with E-state index in [4.69, 9.17) is 0 Å². The lowest BCUT2D eigenvalue weighted by Crippen LogP contribution is -2.15. The van der Waals surface area contributed by atoms with Crippen LogP contribution < -0.4 is 0 Å². The number of benzene rings is 1. The van der Waals surface area contributed by atoms with E-state index in [0.29, 0.717) is 6.54 Å². The van der Waals surface area contributed by atoms with E-state index in [1.54, 1.807) is 10.8 Å². The second kappa shape index (κ2) is 5.66. The molecule has 2 aromatic rings. The Kier molecular flexibility index (Phi) is 4.13. The van der Waals surface area contributed by atoms with Crippen LogP contribution in [0.4, 0.5) is 13.2 Å². The molecule has 0 fully saturated rings. The number of rotatable bonds is 4. The maximum atomic E-state index is 13.0. The van der Waals surface area contributed by atoms with E-state index in [-0.39, 0.29) is 11.4 Å². The van der Waals surface area contributed by atoms with Crippen molar-refractivity contribution >= 4 is 0 Å². The maximum Gasteiger partial charge on any atom is 0.416 e. The fraction of sp³-hybridized carbons (Fsp3) is 0.357. The second-order valence-electron chi connectivity index (χ2n) is 4.47. The van der Waals surface area contributed by atoms with Gasteiger partial charge >= 0.3 is 6.18 Å². The molecule has 1 aromatic carbocycles. The number of halogens is 3. The summed E-state index contributed by atoms with van der Waals surface area (Å²) >= 11 is 0. The molecule has 0 bridgehead atoms. The van der Waals surface area contributed by atoms with E-state index < -0.39 is 17.8 Å². The average Bonchev–Trinajstić information content (AvgIpc) is 2.85. The Balaban J connectivity index is 2.43.